The molecule has 0 radical (unpaired) electrons. The Morgan fingerprint density at radius 2 is 1.91 bits per heavy atom. The van der Waals surface area contributed by atoms with E-state index in [4.69, 9.17) is 5.73 Å². The van der Waals surface area contributed by atoms with Crippen LogP contribution < -0.4 is 5.73 Å². The predicted octanol–water partition coefficient (Wildman–Crippen LogP) is 2.69. The monoisotopic (exact) mass is 296 g/mol. The van der Waals surface area contributed by atoms with Crippen molar-refractivity contribution in [1.82, 2.24) is 15.2 Å². The van der Waals surface area contributed by atoms with Crippen molar-refractivity contribution in [1.29, 1.82) is 0 Å². The van der Waals surface area contributed by atoms with Crippen molar-refractivity contribution >= 4 is 5.91 Å². The molecule has 1 amide bonds. The SMILES string of the molecule is Cc1c(-c2cn[nH]c2-c2ccc(F)cc2)ccnc1C(N)=O. The second-order valence-corrected chi connectivity index (χ2v) is 4.86. The van der Waals surface area contributed by atoms with E-state index in [0.29, 0.717) is 5.56 Å². The number of nitrogens with zero attached hydrogens (tertiary/aromatic N) is 2. The fourth-order valence-corrected chi connectivity index (χ4v) is 2.40. The van der Waals surface area contributed by atoms with Gasteiger partial charge in [-0.15, -0.1) is 0 Å². The van der Waals surface area contributed by atoms with Gasteiger partial charge in [-0.3, -0.25) is 14.9 Å². The van der Waals surface area contributed by atoms with E-state index in [2.05, 4.69) is 15.2 Å². The van der Waals surface area contributed by atoms with Crippen LogP contribution in [0.25, 0.3) is 22.4 Å². The molecule has 0 aliphatic rings. The Balaban J connectivity index is 2.15. The summed E-state index contributed by atoms with van der Waals surface area (Å²) in [5.41, 5.74) is 9.38. The lowest BCUT2D eigenvalue weighted by Gasteiger charge is -2.09. The van der Waals surface area contributed by atoms with Crippen LogP contribution in [0.5, 0.6) is 0 Å². The minimum atomic E-state index is -0.578. The second kappa shape index (κ2) is 5.40. The van der Waals surface area contributed by atoms with E-state index in [-0.39, 0.29) is 11.5 Å². The zero-order chi connectivity index (χ0) is 15.7. The average molecular weight is 296 g/mol. The molecule has 110 valence electrons. The zero-order valence-electron chi connectivity index (χ0n) is 11.8. The number of aromatic nitrogens is 3. The van der Waals surface area contributed by atoms with E-state index in [9.17, 15) is 9.18 Å². The molecule has 3 N–H and O–H groups in total. The maximum Gasteiger partial charge on any atom is 0.267 e. The summed E-state index contributed by atoms with van der Waals surface area (Å²) in [7, 11) is 0. The maximum absolute atomic E-state index is 13.1. The highest BCUT2D eigenvalue weighted by Crippen LogP contribution is 2.32. The van der Waals surface area contributed by atoms with Gasteiger partial charge in [0.1, 0.15) is 11.5 Å². The molecule has 3 aromatic rings. The van der Waals surface area contributed by atoms with E-state index < -0.39 is 5.91 Å². The molecular weight excluding hydrogens is 283 g/mol. The number of carbonyl (C=O) groups excluding carboxylic acids is 1. The first-order valence-corrected chi connectivity index (χ1v) is 6.63. The summed E-state index contributed by atoms with van der Waals surface area (Å²) in [6, 6.07) is 7.89. The summed E-state index contributed by atoms with van der Waals surface area (Å²) in [6.07, 6.45) is 3.19. The highest BCUT2D eigenvalue weighted by atomic mass is 19.1. The topological polar surface area (TPSA) is 84.7 Å². The van der Waals surface area contributed by atoms with Crippen LogP contribution in [-0.2, 0) is 0 Å². The quantitative estimate of drug-likeness (QED) is 0.779. The molecule has 2 heterocycles. The molecule has 0 atom stereocenters. The molecule has 1 aromatic carbocycles. The van der Waals surface area contributed by atoms with Crippen LogP contribution in [0.1, 0.15) is 16.1 Å². The van der Waals surface area contributed by atoms with E-state index >= 15 is 0 Å². The Labute approximate surface area is 126 Å². The number of amides is 1. The Kier molecular flexibility index (Phi) is 3.42. The molecule has 2 aromatic heterocycles. The maximum atomic E-state index is 13.1. The number of halogens is 1. The van der Waals surface area contributed by atoms with Crippen molar-refractivity contribution in [2.75, 3.05) is 0 Å². The van der Waals surface area contributed by atoms with Crippen LogP contribution in [0, 0.1) is 12.7 Å². The molecule has 0 unspecified atom stereocenters. The van der Waals surface area contributed by atoms with Crippen molar-refractivity contribution in [3.05, 3.63) is 59.8 Å². The van der Waals surface area contributed by atoms with Crippen LogP contribution >= 0.6 is 0 Å². The number of rotatable bonds is 3. The van der Waals surface area contributed by atoms with E-state index in [1.807, 2.05) is 0 Å². The van der Waals surface area contributed by atoms with Gasteiger partial charge in [0.15, 0.2) is 0 Å². The number of carbonyl (C=O) groups is 1. The van der Waals surface area contributed by atoms with Gasteiger partial charge in [0.2, 0.25) is 0 Å². The molecule has 3 rings (SSSR count). The molecule has 0 saturated heterocycles. The Morgan fingerprint density at radius 1 is 1.18 bits per heavy atom. The van der Waals surface area contributed by atoms with E-state index in [1.165, 1.54) is 18.3 Å². The summed E-state index contributed by atoms with van der Waals surface area (Å²) in [5.74, 6) is -0.882. The molecule has 0 saturated carbocycles. The van der Waals surface area contributed by atoms with Crippen molar-refractivity contribution in [3.8, 4) is 22.4 Å². The first-order chi connectivity index (χ1) is 10.6. The Morgan fingerprint density at radius 3 is 2.59 bits per heavy atom. The lowest BCUT2D eigenvalue weighted by Crippen LogP contribution is -2.15. The Bertz CT molecular complexity index is 840. The van der Waals surface area contributed by atoms with Crippen molar-refractivity contribution < 1.29 is 9.18 Å². The van der Waals surface area contributed by atoms with E-state index in [1.54, 1.807) is 31.3 Å². The molecule has 22 heavy (non-hydrogen) atoms. The molecule has 0 aliphatic heterocycles. The van der Waals surface area contributed by atoms with Gasteiger partial charge < -0.3 is 5.73 Å². The van der Waals surface area contributed by atoms with Crippen LogP contribution in [0.15, 0.2) is 42.7 Å². The van der Waals surface area contributed by atoms with Gasteiger partial charge in [-0.2, -0.15) is 5.10 Å². The van der Waals surface area contributed by atoms with Crippen LogP contribution in [0.4, 0.5) is 4.39 Å². The number of H-pyrrole nitrogens is 1. The minimum absolute atomic E-state index is 0.226. The van der Waals surface area contributed by atoms with Crippen molar-refractivity contribution in [3.63, 3.8) is 0 Å². The first kappa shape index (κ1) is 13.9. The summed E-state index contributed by atoms with van der Waals surface area (Å²) < 4.78 is 13.1. The summed E-state index contributed by atoms with van der Waals surface area (Å²) in [5, 5.41) is 6.96. The van der Waals surface area contributed by atoms with Gasteiger partial charge in [0.25, 0.3) is 5.91 Å². The predicted molar refractivity (Wildman–Crippen MR) is 80.5 cm³/mol. The Hall–Kier alpha value is -3.02. The second-order valence-electron chi connectivity index (χ2n) is 4.86. The van der Waals surface area contributed by atoms with Gasteiger partial charge >= 0.3 is 0 Å². The fraction of sp³-hybridized carbons (Fsp3) is 0.0625. The number of nitrogens with one attached hydrogen (secondary N) is 1. The molecule has 0 bridgehead atoms. The molecule has 6 heteroatoms. The summed E-state index contributed by atoms with van der Waals surface area (Å²) in [4.78, 5) is 15.4. The fourth-order valence-electron chi connectivity index (χ4n) is 2.40. The average Bonchev–Trinajstić information content (AvgIpc) is 2.97. The molecular formula is C16H13FN4O. The number of nitrogens with two attached hydrogens (primary N) is 1. The van der Waals surface area contributed by atoms with Crippen LogP contribution in [0.3, 0.4) is 0 Å². The van der Waals surface area contributed by atoms with Crippen LogP contribution in [0.2, 0.25) is 0 Å². The lowest BCUT2D eigenvalue weighted by molar-refractivity contribution is 0.0995. The number of hydrogen-bond acceptors (Lipinski definition) is 3. The number of pyridine rings is 1. The third-order valence-electron chi connectivity index (χ3n) is 3.50. The number of benzene rings is 1. The minimum Gasteiger partial charge on any atom is -0.364 e. The van der Waals surface area contributed by atoms with Gasteiger partial charge in [-0.25, -0.2) is 4.39 Å². The number of primary amides is 1. The van der Waals surface area contributed by atoms with Crippen LogP contribution in [-0.4, -0.2) is 21.1 Å². The van der Waals surface area contributed by atoms with Gasteiger partial charge in [-0.05, 0) is 48.4 Å². The molecule has 0 spiro atoms. The summed E-state index contributed by atoms with van der Waals surface area (Å²) >= 11 is 0. The highest BCUT2D eigenvalue weighted by molar-refractivity contribution is 5.95. The van der Waals surface area contributed by atoms with Gasteiger partial charge in [-0.1, -0.05) is 0 Å². The third-order valence-corrected chi connectivity index (χ3v) is 3.50. The summed E-state index contributed by atoms with van der Waals surface area (Å²) in [6.45, 7) is 1.78. The third kappa shape index (κ3) is 2.35. The van der Waals surface area contributed by atoms with Crippen molar-refractivity contribution in [2.24, 2.45) is 5.73 Å². The zero-order valence-corrected chi connectivity index (χ0v) is 11.8. The largest absolute Gasteiger partial charge is 0.364 e. The van der Waals surface area contributed by atoms with E-state index in [0.717, 1.165) is 22.4 Å². The molecule has 5 nitrogen and oxygen atoms in total. The molecule has 0 fully saturated rings. The highest BCUT2D eigenvalue weighted by Gasteiger charge is 2.16. The van der Waals surface area contributed by atoms with Crippen molar-refractivity contribution in [2.45, 2.75) is 6.92 Å². The first-order valence-electron chi connectivity index (χ1n) is 6.63. The number of aromatic amines is 1. The molecule has 0 aliphatic carbocycles. The standard InChI is InChI=1S/C16H13FN4O/c1-9-12(6-7-19-14(9)16(18)22)13-8-20-21-15(13)10-2-4-11(17)5-3-10/h2-8H,1H3,(H2,18,22)(H,20,21). The number of hydrogen-bond donors (Lipinski definition) is 2. The lowest BCUT2D eigenvalue weighted by atomic mass is 9.97. The van der Waals surface area contributed by atoms with Gasteiger partial charge in [0, 0.05) is 17.3 Å². The van der Waals surface area contributed by atoms with Gasteiger partial charge in [0.05, 0.1) is 11.9 Å². The normalized spacial score (nSPS) is 10.6. The smallest absolute Gasteiger partial charge is 0.267 e.